The van der Waals surface area contributed by atoms with Crippen LogP contribution in [0.15, 0.2) is 58.3 Å². The number of carbonyl (C=O) groups excluding carboxylic acids is 2. The van der Waals surface area contributed by atoms with Crippen molar-refractivity contribution in [1.29, 1.82) is 0 Å². The summed E-state index contributed by atoms with van der Waals surface area (Å²) < 4.78 is 11.0. The molecular formula is C20H18N2O4S2. The lowest BCUT2D eigenvalue weighted by Crippen LogP contribution is -2.19. The second kappa shape index (κ2) is 9.82. The molecule has 0 aliphatic carbocycles. The Balaban J connectivity index is 1.64. The zero-order valence-corrected chi connectivity index (χ0v) is 16.7. The van der Waals surface area contributed by atoms with Crippen LogP contribution < -0.4 is 14.9 Å². The number of thiophene rings is 2. The van der Waals surface area contributed by atoms with Crippen molar-refractivity contribution in [1.82, 2.24) is 5.43 Å². The van der Waals surface area contributed by atoms with Crippen molar-refractivity contribution in [3.63, 3.8) is 0 Å². The molecule has 28 heavy (non-hydrogen) atoms. The highest BCUT2D eigenvalue weighted by molar-refractivity contribution is 7.12. The van der Waals surface area contributed by atoms with Crippen molar-refractivity contribution in [3.05, 3.63) is 68.5 Å². The molecule has 0 bridgehead atoms. The summed E-state index contributed by atoms with van der Waals surface area (Å²) in [5, 5.41) is 7.71. The van der Waals surface area contributed by atoms with E-state index in [-0.39, 0.29) is 12.3 Å². The Morgan fingerprint density at radius 1 is 1.11 bits per heavy atom. The highest BCUT2D eigenvalue weighted by atomic mass is 32.1. The summed E-state index contributed by atoms with van der Waals surface area (Å²) in [4.78, 5) is 25.5. The van der Waals surface area contributed by atoms with Crippen molar-refractivity contribution in [2.75, 3.05) is 6.61 Å². The molecule has 0 spiro atoms. The second-order valence-corrected chi connectivity index (χ2v) is 7.54. The van der Waals surface area contributed by atoms with Crippen molar-refractivity contribution < 1.29 is 19.1 Å². The average Bonchev–Trinajstić information content (AvgIpc) is 3.38. The van der Waals surface area contributed by atoms with Gasteiger partial charge in [-0.25, -0.2) is 10.2 Å². The molecule has 3 rings (SSSR count). The van der Waals surface area contributed by atoms with Gasteiger partial charge in [-0.1, -0.05) is 12.1 Å². The zero-order valence-electron chi connectivity index (χ0n) is 15.1. The second-order valence-electron chi connectivity index (χ2n) is 5.56. The number of rotatable bonds is 8. The summed E-state index contributed by atoms with van der Waals surface area (Å²) in [6.45, 7) is 2.26. The Hall–Kier alpha value is -2.97. The van der Waals surface area contributed by atoms with E-state index in [9.17, 15) is 9.59 Å². The molecule has 3 aromatic rings. The first-order valence-electron chi connectivity index (χ1n) is 8.52. The summed E-state index contributed by atoms with van der Waals surface area (Å²) in [5.41, 5.74) is 3.20. The van der Waals surface area contributed by atoms with Crippen molar-refractivity contribution in [2.24, 2.45) is 5.10 Å². The number of esters is 1. The summed E-state index contributed by atoms with van der Waals surface area (Å²) >= 11 is 2.84. The van der Waals surface area contributed by atoms with Gasteiger partial charge >= 0.3 is 5.97 Å². The van der Waals surface area contributed by atoms with Crippen LogP contribution >= 0.6 is 22.7 Å². The fourth-order valence-corrected chi connectivity index (χ4v) is 3.59. The van der Waals surface area contributed by atoms with Crippen LogP contribution in [0.4, 0.5) is 0 Å². The minimum Gasteiger partial charge on any atom is -0.490 e. The quantitative estimate of drug-likeness (QED) is 0.260. The van der Waals surface area contributed by atoms with Crippen LogP contribution in [0.2, 0.25) is 0 Å². The van der Waals surface area contributed by atoms with Gasteiger partial charge in [0.25, 0.3) is 0 Å². The molecule has 0 aliphatic rings. The van der Waals surface area contributed by atoms with Crippen LogP contribution in [-0.2, 0) is 11.2 Å². The number of carbonyl (C=O) groups is 2. The normalized spacial score (nSPS) is 10.8. The summed E-state index contributed by atoms with van der Waals surface area (Å²) in [5.74, 6) is 0.142. The number of hydrogen-bond acceptors (Lipinski definition) is 7. The van der Waals surface area contributed by atoms with E-state index in [2.05, 4.69) is 10.5 Å². The minimum atomic E-state index is -0.432. The van der Waals surface area contributed by atoms with E-state index in [0.29, 0.717) is 28.5 Å². The van der Waals surface area contributed by atoms with Gasteiger partial charge in [0, 0.05) is 4.88 Å². The largest absolute Gasteiger partial charge is 0.490 e. The van der Waals surface area contributed by atoms with E-state index in [4.69, 9.17) is 9.47 Å². The fraction of sp³-hybridized carbons (Fsp3) is 0.150. The Morgan fingerprint density at radius 3 is 2.64 bits per heavy atom. The average molecular weight is 415 g/mol. The maximum absolute atomic E-state index is 12.2. The Labute approximate surface area is 170 Å². The predicted molar refractivity (Wildman–Crippen MR) is 111 cm³/mol. The van der Waals surface area contributed by atoms with E-state index in [1.807, 2.05) is 29.8 Å². The van der Waals surface area contributed by atoms with Crippen LogP contribution in [0.5, 0.6) is 11.5 Å². The molecule has 144 valence electrons. The zero-order chi connectivity index (χ0) is 19.8. The first-order chi connectivity index (χ1) is 13.7. The van der Waals surface area contributed by atoms with Crippen molar-refractivity contribution >= 4 is 40.8 Å². The van der Waals surface area contributed by atoms with Crippen molar-refractivity contribution in [2.45, 2.75) is 13.3 Å². The molecule has 1 amide bonds. The van der Waals surface area contributed by atoms with Crippen LogP contribution in [0.25, 0.3) is 0 Å². The molecule has 1 aromatic carbocycles. The Bertz CT molecular complexity index is 951. The summed E-state index contributed by atoms with van der Waals surface area (Å²) in [6, 6.07) is 12.4. The molecule has 0 unspecified atom stereocenters. The third kappa shape index (κ3) is 5.51. The summed E-state index contributed by atoms with van der Waals surface area (Å²) in [7, 11) is 0. The predicted octanol–water partition coefficient (Wildman–Crippen LogP) is 4.12. The molecule has 2 heterocycles. The van der Waals surface area contributed by atoms with Crippen LogP contribution in [0.1, 0.15) is 27.0 Å². The molecule has 2 aromatic heterocycles. The maximum atomic E-state index is 12.2. The van der Waals surface area contributed by atoms with Gasteiger partial charge in [-0.15, -0.1) is 22.7 Å². The van der Waals surface area contributed by atoms with Gasteiger partial charge in [0.2, 0.25) is 5.91 Å². The molecule has 0 radical (unpaired) electrons. The van der Waals surface area contributed by atoms with E-state index >= 15 is 0 Å². The van der Waals surface area contributed by atoms with Crippen molar-refractivity contribution in [3.8, 4) is 11.5 Å². The number of amides is 1. The molecule has 0 fully saturated rings. The van der Waals surface area contributed by atoms with Crippen LogP contribution in [0, 0.1) is 0 Å². The first-order valence-corrected chi connectivity index (χ1v) is 10.3. The third-order valence-electron chi connectivity index (χ3n) is 3.51. The van der Waals surface area contributed by atoms with E-state index in [0.717, 1.165) is 4.88 Å². The van der Waals surface area contributed by atoms with Gasteiger partial charge in [-0.3, -0.25) is 4.79 Å². The van der Waals surface area contributed by atoms with Gasteiger partial charge in [-0.05, 0) is 53.6 Å². The molecule has 0 saturated heterocycles. The number of hydrogen-bond donors (Lipinski definition) is 1. The van der Waals surface area contributed by atoms with E-state index < -0.39 is 5.97 Å². The lowest BCUT2D eigenvalue weighted by molar-refractivity contribution is -0.120. The fourth-order valence-electron chi connectivity index (χ4n) is 2.29. The molecule has 1 N–H and O–H groups in total. The maximum Gasteiger partial charge on any atom is 0.353 e. The smallest absolute Gasteiger partial charge is 0.353 e. The minimum absolute atomic E-state index is 0.190. The topological polar surface area (TPSA) is 77.0 Å². The SMILES string of the molecule is CCOc1cc(/C=N\NC(=O)Cc2cccs2)ccc1OC(=O)c1cccs1. The van der Waals surface area contributed by atoms with Gasteiger partial charge in [-0.2, -0.15) is 5.10 Å². The standard InChI is InChI=1S/C20H18N2O4S2/c1-2-25-17-11-14(13-21-22-19(23)12-15-5-3-9-27-15)7-8-16(17)26-20(24)18-6-4-10-28-18/h3-11,13H,2,12H2,1H3,(H,22,23)/b21-13-. The lowest BCUT2D eigenvalue weighted by atomic mass is 10.2. The van der Waals surface area contributed by atoms with Gasteiger partial charge in [0.1, 0.15) is 4.88 Å². The van der Waals surface area contributed by atoms with Crippen LogP contribution in [0.3, 0.4) is 0 Å². The van der Waals surface area contributed by atoms with E-state index in [1.165, 1.54) is 28.9 Å². The van der Waals surface area contributed by atoms with Crippen LogP contribution in [-0.4, -0.2) is 24.7 Å². The van der Waals surface area contributed by atoms with Gasteiger partial charge in [0.15, 0.2) is 11.5 Å². The van der Waals surface area contributed by atoms with Gasteiger partial charge in [0.05, 0.1) is 19.2 Å². The number of nitrogens with one attached hydrogen (secondary N) is 1. The monoisotopic (exact) mass is 414 g/mol. The number of ether oxygens (including phenoxy) is 2. The lowest BCUT2D eigenvalue weighted by Gasteiger charge is -2.10. The highest BCUT2D eigenvalue weighted by Crippen LogP contribution is 2.29. The number of benzene rings is 1. The highest BCUT2D eigenvalue weighted by Gasteiger charge is 2.14. The molecule has 8 heteroatoms. The molecule has 0 atom stereocenters. The Morgan fingerprint density at radius 2 is 1.93 bits per heavy atom. The summed E-state index contributed by atoms with van der Waals surface area (Å²) in [6.07, 6.45) is 1.80. The molecular weight excluding hydrogens is 396 g/mol. The first kappa shape index (κ1) is 19.8. The molecule has 0 aliphatic heterocycles. The number of hydrazone groups is 1. The number of nitrogens with zero attached hydrogens (tertiary/aromatic N) is 1. The molecule has 6 nitrogen and oxygen atoms in total. The third-order valence-corrected chi connectivity index (χ3v) is 5.24. The van der Waals surface area contributed by atoms with E-state index in [1.54, 1.807) is 30.3 Å². The van der Waals surface area contributed by atoms with Gasteiger partial charge < -0.3 is 9.47 Å². The Kier molecular flexibility index (Phi) is 6.94. The molecule has 0 saturated carbocycles.